The quantitative estimate of drug-likeness (QED) is 0.879. The summed E-state index contributed by atoms with van der Waals surface area (Å²) in [6.07, 6.45) is 1.40. The minimum atomic E-state index is -0.522. The molecule has 0 aliphatic carbocycles. The molecular formula is C14H17FN2O2. The Morgan fingerprint density at radius 3 is 2.79 bits per heavy atom. The van der Waals surface area contributed by atoms with E-state index in [0.29, 0.717) is 24.9 Å². The molecule has 1 aromatic carbocycles. The second kappa shape index (κ2) is 5.38. The van der Waals surface area contributed by atoms with Crippen molar-refractivity contribution in [2.45, 2.75) is 19.8 Å². The molecule has 1 aromatic rings. The van der Waals surface area contributed by atoms with Gasteiger partial charge < -0.3 is 10.6 Å². The molecule has 0 radical (unpaired) electrons. The summed E-state index contributed by atoms with van der Waals surface area (Å²) in [7, 11) is 0. The van der Waals surface area contributed by atoms with E-state index in [9.17, 15) is 14.0 Å². The first-order valence-electron chi connectivity index (χ1n) is 6.34. The Kier molecular flexibility index (Phi) is 3.83. The molecule has 1 saturated heterocycles. The Balaban J connectivity index is 2.22. The zero-order valence-corrected chi connectivity index (χ0v) is 10.9. The van der Waals surface area contributed by atoms with Crippen molar-refractivity contribution >= 4 is 11.8 Å². The monoisotopic (exact) mass is 264 g/mol. The lowest BCUT2D eigenvalue weighted by molar-refractivity contribution is -0.123. The predicted molar refractivity (Wildman–Crippen MR) is 69.0 cm³/mol. The number of halogens is 1. The molecule has 2 N–H and O–H groups in total. The first-order valence-corrected chi connectivity index (χ1v) is 6.34. The number of aryl methyl sites for hydroxylation is 1. The smallest absolute Gasteiger partial charge is 0.257 e. The Hall–Kier alpha value is -1.91. The van der Waals surface area contributed by atoms with Crippen molar-refractivity contribution in [3.8, 4) is 0 Å². The Labute approximate surface area is 111 Å². The van der Waals surface area contributed by atoms with Gasteiger partial charge in [-0.2, -0.15) is 0 Å². The largest absolute Gasteiger partial charge is 0.369 e. The van der Waals surface area contributed by atoms with E-state index in [0.717, 1.165) is 0 Å². The van der Waals surface area contributed by atoms with Crippen molar-refractivity contribution in [1.82, 2.24) is 4.90 Å². The van der Waals surface area contributed by atoms with Gasteiger partial charge in [-0.3, -0.25) is 9.59 Å². The van der Waals surface area contributed by atoms with Crippen LogP contribution in [0.25, 0.3) is 0 Å². The maximum atomic E-state index is 13.8. The number of carbonyl (C=O) groups excluding carboxylic acids is 2. The SMILES string of the molecule is Cc1cccc(F)c1C(=O)N1CCCC(C(N)=O)C1. The van der Waals surface area contributed by atoms with Gasteiger partial charge in [-0.15, -0.1) is 0 Å². The molecule has 2 amide bonds. The van der Waals surface area contributed by atoms with Crippen LogP contribution in [0.3, 0.4) is 0 Å². The molecule has 102 valence electrons. The van der Waals surface area contributed by atoms with Gasteiger partial charge in [0, 0.05) is 13.1 Å². The fourth-order valence-corrected chi connectivity index (χ4v) is 2.45. The van der Waals surface area contributed by atoms with Crippen LogP contribution < -0.4 is 5.73 Å². The third-order valence-corrected chi connectivity index (χ3v) is 3.55. The normalized spacial score (nSPS) is 19.3. The highest BCUT2D eigenvalue weighted by atomic mass is 19.1. The zero-order valence-electron chi connectivity index (χ0n) is 10.9. The fourth-order valence-electron chi connectivity index (χ4n) is 2.45. The summed E-state index contributed by atoms with van der Waals surface area (Å²) >= 11 is 0. The highest BCUT2D eigenvalue weighted by molar-refractivity contribution is 5.96. The van der Waals surface area contributed by atoms with E-state index in [2.05, 4.69) is 0 Å². The van der Waals surface area contributed by atoms with Crippen LogP contribution in [0.2, 0.25) is 0 Å². The van der Waals surface area contributed by atoms with Crippen LogP contribution in [0.1, 0.15) is 28.8 Å². The van der Waals surface area contributed by atoms with Crippen molar-refractivity contribution in [3.63, 3.8) is 0 Å². The van der Waals surface area contributed by atoms with E-state index in [1.54, 1.807) is 19.1 Å². The number of hydrogen-bond donors (Lipinski definition) is 1. The maximum Gasteiger partial charge on any atom is 0.257 e. The molecule has 0 aromatic heterocycles. The van der Waals surface area contributed by atoms with E-state index >= 15 is 0 Å². The topological polar surface area (TPSA) is 63.4 Å². The van der Waals surface area contributed by atoms with Gasteiger partial charge in [0.15, 0.2) is 0 Å². The fraction of sp³-hybridized carbons (Fsp3) is 0.429. The summed E-state index contributed by atoms with van der Waals surface area (Å²) in [5.74, 6) is -1.61. The number of benzene rings is 1. The summed E-state index contributed by atoms with van der Waals surface area (Å²) < 4.78 is 13.8. The molecule has 1 aliphatic rings. The number of nitrogens with two attached hydrogens (primary N) is 1. The second-order valence-electron chi connectivity index (χ2n) is 4.92. The molecule has 1 unspecified atom stereocenters. The standard InChI is InChI=1S/C14H17FN2O2/c1-9-4-2-6-11(15)12(9)14(19)17-7-3-5-10(8-17)13(16)18/h2,4,6,10H,3,5,7-8H2,1H3,(H2,16,18). The van der Waals surface area contributed by atoms with Gasteiger partial charge in [0.05, 0.1) is 11.5 Å². The number of carbonyl (C=O) groups is 2. The zero-order chi connectivity index (χ0) is 14.0. The highest BCUT2D eigenvalue weighted by Crippen LogP contribution is 2.21. The van der Waals surface area contributed by atoms with Crippen LogP contribution in [0.5, 0.6) is 0 Å². The van der Waals surface area contributed by atoms with E-state index in [-0.39, 0.29) is 23.9 Å². The average molecular weight is 264 g/mol. The molecule has 4 nitrogen and oxygen atoms in total. The number of nitrogens with zero attached hydrogens (tertiary/aromatic N) is 1. The highest BCUT2D eigenvalue weighted by Gasteiger charge is 2.29. The second-order valence-corrected chi connectivity index (χ2v) is 4.92. The lowest BCUT2D eigenvalue weighted by Crippen LogP contribution is -2.44. The lowest BCUT2D eigenvalue weighted by atomic mass is 9.96. The Morgan fingerprint density at radius 2 is 2.16 bits per heavy atom. The number of amides is 2. The maximum absolute atomic E-state index is 13.8. The molecular weight excluding hydrogens is 247 g/mol. The summed E-state index contributed by atoms with van der Waals surface area (Å²) in [6.45, 7) is 2.52. The molecule has 1 heterocycles. The first-order chi connectivity index (χ1) is 9.00. The lowest BCUT2D eigenvalue weighted by Gasteiger charge is -2.31. The molecule has 19 heavy (non-hydrogen) atoms. The molecule has 2 rings (SSSR count). The van der Waals surface area contributed by atoms with Crippen molar-refractivity contribution < 1.29 is 14.0 Å². The number of rotatable bonds is 2. The van der Waals surface area contributed by atoms with Crippen LogP contribution in [0.15, 0.2) is 18.2 Å². The van der Waals surface area contributed by atoms with E-state index in [1.807, 2.05) is 0 Å². The van der Waals surface area contributed by atoms with Gasteiger partial charge in [0.1, 0.15) is 5.82 Å². The molecule has 0 saturated carbocycles. The molecule has 5 heteroatoms. The molecule has 1 atom stereocenters. The van der Waals surface area contributed by atoms with Crippen LogP contribution >= 0.6 is 0 Å². The minimum Gasteiger partial charge on any atom is -0.369 e. The van der Waals surface area contributed by atoms with Gasteiger partial charge in [-0.05, 0) is 31.4 Å². The average Bonchev–Trinajstić information content (AvgIpc) is 2.38. The molecule has 1 aliphatic heterocycles. The predicted octanol–water partition coefficient (Wildman–Crippen LogP) is 1.47. The minimum absolute atomic E-state index is 0.0904. The molecule has 0 spiro atoms. The number of likely N-dealkylation sites (tertiary alicyclic amines) is 1. The van der Waals surface area contributed by atoms with Crippen LogP contribution in [0.4, 0.5) is 4.39 Å². The first kappa shape index (κ1) is 13.5. The van der Waals surface area contributed by atoms with Crippen LogP contribution in [-0.2, 0) is 4.79 Å². The van der Waals surface area contributed by atoms with Crippen molar-refractivity contribution in [1.29, 1.82) is 0 Å². The van der Waals surface area contributed by atoms with Gasteiger partial charge in [0.2, 0.25) is 5.91 Å². The number of piperidine rings is 1. The van der Waals surface area contributed by atoms with Gasteiger partial charge in [0.25, 0.3) is 5.91 Å². The van der Waals surface area contributed by atoms with E-state index < -0.39 is 11.7 Å². The van der Waals surface area contributed by atoms with E-state index in [4.69, 9.17) is 5.73 Å². The van der Waals surface area contributed by atoms with Crippen molar-refractivity contribution in [2.24, 2.45) is 11.7 Å². The van der Waals surface area contributed by atoms with Gasteiger partial charge >= 0.3 is 0 Å². The summed E-state index contributed by atoms with van der Waals surface area (Å²) in [5.41, 5.74) is 5.97. The third-order valence-electron chi connectivity index (χ3n) is 3.55. The summed E-state index contributed by atoms with van der Waals surface area (Å²) in [6, 6.07) is 4.55. The van der Waals surface area contributed by atoms with Gasteiger partial charge in [-0.25, -0.2) is 4.39 Å². The van der Waals surface area contributed by atoms with E-state index in [1.165, 1.54) is 11.0 Å². The van der Waals surface area contributed by atoms with Gasteiger partial charge in [-0.1, -0.05) is 12.1 Å². The summed E-state index contributed by atoms with van der Waals surface area (Å²) in [5, 5.41) is 0. The third kappa shape index (κ3) is 2.75. The Morgan fingerprint density at radius 1 is 1.42 bits per heavy atom. The summed E-state index contributed by atoms with van der Waals surface area (Å²) in [4.78, 5) is 25.1. The van der Waals surface area contributed by atoms with Crippen molar-refractivity contribution in [2.75, 3.05) is 13.1 Å². The molecule has 0 bridgehead atoms. The Bertz CT molecular complexity index is 496. The van der Waals surface area contributed by atoms with Crippen LogP contribution in [-0.4, -0.2) is 29.8 Å². The van der Waals surface area contributed by atoms with Crippen molar-refractivity contribution in [3.05, 3.63) is 35.1 Å². The van der Waals surface area contributed by atoms with Crippen LogP contribution in [0, 0.1) is 18.7 Å². The number of primary amides is 1. The molecule has 1 fully saturated rings. The number of hydrogen-bond acceptors (Lipinski definition) is 2.